The number of hydrogen-bond donors (Lipinski definition) is 2. The third-order valence-corrected chi connectivity index (χ3v) is 4.09. The maximum atomic E-state index is 13.1. The van der Waals surface area contributed by atoms with Crippen LogP contribution in [0.15, 0.2) is 33.9 Å². The molecular formula is C14H14FN3O2. The smallest absolute Gasteiger partial charge is 0.309 e. The van der Waals surface area contributed by atoms with Gasteiger partial charge in [-0.3, -0.25) is 14.7 Å². The predicted molar refractivity (Wildman–Crippen MR) is 72.0 cm³/mol. The van der Waals surface area contributed by atoms with Crippen molar-refractivity contribution in [3.8, 4) is 0 Å². The number of aromatic nitrogens is 2. The molecule has 0 saturated carbocycles. The SMILES string of the molecule is CN1Cc2c([nH]c(=O)[nH]c2=O)C1(C)c1ccc(F)cc1. The number of hydrogen-bond acceptors (Lipinski definition) is 3. The second-order valence-electron chi connectivity index (χ2n) is 5.20. The Morgan fingerprint density at radius 2 is 1.85 bits per heavy atom. The summed E-state index contributed by atoms with van der Waals surface area (Å²) in [5.41, 5.74) is 0.371. The second kappa shape index (κ2) is 4.14. The topological polar surface area (TPSA) is 69.0 Å². The van der Waals surface area contributed by atoms with Crippen LogP contribution in [-0.4, -0.2) is 21.9 Å². The van der Waals surface area contributed by atoms with Crippen molar-refractivity contribution in [1.82, 2.24) is 14.9 Å². The normalized spacial score (nSPS) is 21.9. The highest BCUT2D eigenvalue weighted by Gasteiger charge is 2.43. The minimum Gasteiger partial charge on any atom is -0.309 e. The zero-order valence-corrected chi connectivity index (χ0v) is 11.2. The summed E-state index contributed by atoms with van der Waals surface area (Å²) in [6, 6.07) is 6.08. The second-order valence-corrected chi connectivity index (χ2v) is 5.20. The first-order valence-corrected chi connectivity index (χ1v) is 6.26. The average Bonchev–Trinajstić information content (AvgIpc) is 2.65. The van der Waals surface area contributed by atoms with E-state index in [1.165, 1.54) is 12.1 Å². The van der Waals surface area contributed by atoms with Gasteiger partial charge >= 0.3 is 5.69 Å². The van der Waals surface area contributed by atoms with Gasteiger partial charge in [-0.05, 0) is 31.7 Å². The number of rotatable bonds is 1. The summed E-state index contributed by atoms with van der Waals surface area (Å²) in [6.07, 6.45) is 0. The van der Waals surface area contributed by atoms with Gasteiger partial charge < -0.3 is 4.98 Å². The van der Waals surface area contributed by atoms with Crippen molar-refractivity contribution in [2.75, 3.05) is 7.05 Å². The Balaban J connectivity index is 2.28. The first-order valence-electron chi connectivity index (χ1n) is 6.26. The molecule has 3 rings (SSSR count). The number of aromatic amines is 2. The van der Waals surface area contributed by atoms with Crippen molar-refractivity contribution in [2.24, 2.45) is 0 Å². The molecule has 6 heteroatoms. The lowest BCUT2D eigenvalue weighted by atomic mass is 9.88. The Kier molecular flexibility index (Phi) is 2.65. The fourth-order valence-corrected chi connectivity index (χ4v) is 2.80. The summed E-state index contributed by atoms with van der Waals surface area (Å²) < 4.78 is 13.1. The molecule has 2 heterocycles. The molecule has 1 aromatic carbocycles. The van der Waals surface area contributed by atoms with E-state index in [-0.39, 0.29) is 11.4 Å². The van der Waals surface area contributed by atoms with Gasteiger partial charge in [0.05, 0.1) is 16.8 Å². The highest BCUT2D eigenvalue weighted by Crippen LogP contribution is 2.39. The average molecular weight is 275 g/mol. The molecule has 0 fully saturated rings. The van der Waals surface area contributed by atoms with Gasteiger partial charge in [0.2, 0.25) is 0 Å². The first-order chi connectivity index (χ1) is 9.42. The molecular weight excluding hydrogens is 261 g/mol. The van der Waals surface area contributed by atoms with Crippen molar-refractivity contribution in [2.45, 2.75) is 19.0 Å². The molecule has 1 atom stereocenters. The van der Waals surface area contributed by atoms with Crippen LogP contribution < -0.4 is 11.2 Å². The molecule has 1 aliphatic heterocycles. The Hall–Kier alpha value is -2.21. The van der Waals surface area contributed by atoms with Crippen molar-refractivity contribution in [3.63, 3.8) is 0 Å². The van der Waals surface area contributed by atoms with Crippen molar-refractivity contribution in [3.05, 3.63) is 67.7 Å². The van der Waals surface area contributed by atoms with Crippen LogP contribution in [0, 0.1) is 5.82 Å². The van der Waals surface area contributed by atoms with Gasteiger partial charge in [-0.25, -0.2) is 9.18 Å². The number of nitrogens with zero attached hydrogens (tertiary/aromatic N) is 1. The van der Waals surface area contributed by atoms with Crippen molar-refractivity contribution in [1.29, 1.82) is 0 Å². The third kappa shape index (κ3) is 1.65. The molecule has 104 valence electrons. The number of H-pyrrole nitrogens is 2. The van der Waals surface area contributed by atoms with Gasteiger partial charge in [-0.2, -0.15) is 0 Å². The fourth-order valence-electron chi connectivity index (χ4n) is 2.80. The Labute approximate surface area is 114 Å². The van der Waals surface area contributed by atoms with E-state index in [9.17, 15) is 14.0 Å². The van der Waals surface area contributed by atoms with Crippen LogP contribution in [0.3, 0.4) is 0 Å². The van der Waals surface area contributed by atoms with Crippen LogP contribution in [0.2, 0.25) is 0 Å². The minimum atomic E-state index is -0.656. The number of fused-ring (bicyclic) bond motifs is 1. The molecule has 0 saturated heterocycles. The molecule has 0 amide bonds. The van der Waals surface area contributed by atoms with E-state index >= 15 is 0 Å². The first kappa shape index (κ1) is 12.8. The summed E-state index contributed by atoms with van der Waals surface area (Å²) in [7, 11) is 1.86. The molecule has 2 N–H and O–H groups in total. The van der Waals surface area contributed by atoms with Gasteiger partial charge in [0.25, 0.3) is 5.56 Å². The summed E-state index contributed by atoms with van der Waals surface area (Å²) in [6.45, 7) is 2.33. The van der Waals surface area contributed by atoms with Gasteiger partial charge in [-0.1, -0.05) is 12.1 Å². The maximum Gasteiger partial charge on any atom is 0.325 e. The number of halogens is 1. The van der Waals surface area contributed by atoms with Crippen molar-refractivity contribution < 1.29 is 4.39 Å². The van der Waals surface area contributed by atoms with Crippen molar-refractivity contribution >= 4 is 0 Å². The van der Waals surface area contributed by atoms with Crippen LogP contribution in [0.5, 0.6) is 0 Å². The highest BCUT2D eigenvalue weighted by molar-refractivity contribution is 5.41. The molecule has 0 radical (unpaired) electrons. The molecule has 20 heavy (non-hydrogen) atoms. The van der Waals surface area contributed by atoms with Gasteiger partial charge in [0.15, 0.2) is 0 Å². The maximum absolute atomic E-state index is 13.1. The minimum absolute atomic E-state index is 0.322. The van der Waals surface area contributed by atoms with Gasteiger partial charge in [0.1, 0.15) is 5.82 Å². The summed E-state index contributed by atoms with van der Waals surface area (Å²) in [4.78, 5) is 30.3. The molecule has 0 bridgehead atoms. The fraction of sp³-hybridized carbons (Fsp3) is 0.286. The van der Waals surface area contributed by atoms with E-state index in [2.05, 4.69) is 9.97 Å². The van der Waals surface area contributed by atoms with E-state index < -0.39 is 11.2 Å². The summed E-state index contributed by atoms with van der Waals surface area (Å²) in [5, 5.41) is 0. The van der Waals surface area contributed by atoms with Crippen LogP contribution in [0.4, 0.5) is 4.39 Å². The molecule has 1 aliphatic rings. The van der Waals surface area contributed by atoms with E-state index in [0.29, 0.717) is 17.8 Å². The van der Waals surface area contributed by atoms with E-state index in [1.807, 2.05) is 18.9 Å². The molecule has 5 nitrogen and oxygen atoms in total. The Morgan fingerprint density at radius 1 is 1.20 bits per heavy atom. The molecule has 0 aliphatic carbocycles. The number of nitrogens with one attached hydrogen (secondary N) is 2. The lowest BCUT2D eigenvalue weighted by Crippen LogP contribution is -2.38. The standard InChI is InChI=1S/C14H14FN3O2/c1-14(8-3-5-9(15)6-4-8)11-10(7-18(14)2)12(19)17-13(20)16-11/h3-6H,7H2,1-2H3,(H2,16,17,19,20). The summed E-state index contributed by atoms with van der Waals surface area (Å²) >= 11 is 0. The lowest BCUT2D eigenvalue weighted by molar-refractivity contribution is 0.197. The Morgan fingerprint density at radius 3 is 2.50 bits per heavy atom. The number of benzene rings is 1. The van der Waals surface area contributed by atoms with Crippen LogP contribution in [-0.2, 0) is 12.1 Å². The van der Waals surface area contributed by atoms with Gasteiger partial charge in [0, 0.05) is 6.54 Å². The largest absolute Gasteiger partial charge is 0.325 e. The Bertz CT molecular complexity index is 778. The highest BCUT2D eigenvalue weighted by atomic mass is 19.1. The quantitative estimate of drug-likeness (QED) is 0.813. The summed E-state index contributed by atoms with van der Waals surface area (Å²) in [5.74, 6) is -0.322. The van der Waals surface area contributed by atoms with E-state index in [0.717, 1.165) is 5.56 Å². The third-order valence-electron chi connectivity index (χ3n) is 4.09. The van der Waals surface area contributed by atoms with Crippen LogP contribution in [0.25, 0.3) is 0 Å². The lowest BCUT2D eigenvalue weighted by Gasteiger charge is -2.33. The zero-order chi connectivity index (χ0) is 14.5. The molecule has 0 spiro atoms. The predicted octanol–water partition coefficient (Wildman–Crippen LogP) is 0.911. The van der Waals surface area contributed by atoms with E-state index in [1.54, 1.807) is 12.1 Å². The molecule has 1 unspecified atom stereocenters. The monoisotopic (exact) mass is 275 g/mol. The van der Waals surface area contributed by atoms with Gasteiger partial charge in [-0.15, -0.1) is 0 Å². The van der Waals surface area contributed by atoms with E-state index in [4.69, 9.17) is 0 Å². The molecule has 2 aromatic rings. The van der Waals surface area contributed by atoms with Crippen LogP contribution in [0.1, 0.15) is 23.7 Å². The van der Waals surface area contributed by atoms with Crippen LogP contribution >= 0.6 is 0 Å². The zero-order valence-electron chi connectivity index (χ0n) is 11.2. The molecule has 1 aromatic heterocycles.